The Labute approximate surface area is 125 Å². The zero-order valence-corrected chi connectivity index (χ0v) is 13.9. The van der Waals surface area contributed by atoms with E-state index in [1.54, 1.807) is 0 Å². The summed E-state index contributed by atoms with van der Waals surface area (Å²) in [5.74, 6) is -2.69. The molecular formula is C15H28F2O2S. The van der Waals surface area contributed by atoms with Crippen LogP contribution in [0.3, 0.4) is 0 Å². The maximum atomic E-state index is 13.1. The molecule has 0 bridgehead atoms. The molecule has 0 radical (unpaired) electrons. The zero-order chi connectivity index (χ0) is 15.8. The number of halogens is 2. The number of carboxylic acid groups (broad SMARTS) is 1. The molecule has 120 valence electrons. The third kappa shape index (κ3) is 5.98. The quantitative estimate of drug-likeness (QED) is 0.532. The highest BCUT2D eigenvalue weighted by atomic mass is 32.2. The van der Waals surface area contributed by atoms with Crippen molar-refractivity contribution in [2.45, 2.75) is 76.9 Å². The van der Waals surface area contributed by atoms with Gasteiger partial charge in [0.15, 0.2) is 0 Å². The molecule has 0 aromatic rings. The van der Waals surface area contributed by atoms with Crippen LogP contribution in [0.15, 0.2) is 0 Å². The van der Waals surface area contributed by atoms with Gasteiger partial charge in [0.2, 0.25) is 5.92 Å². The van der Waals surface area contributed by atoms with Crippen molar-refractivity contribution in [1.82, 2.24) is 0 Å². The highest BCUT2D eigenvalue weighted by Crippen LogP contribution is 2.39. The lowest BCUT2D eigenvalue weighted by atomic mass is 9.90. The molecule has 2 nitrogen and oxygen atoms in total. The SMILES string of the molecule is CCCC(SCCCCC(F)(F)CC)(C(=O)O)C(C)C. The summed E-state index contributed by atoms with van der Waals surface area (Å²) < 4.78 is 25.4. The van der Waals surface area contributed by atoms with Gasteiger partial charge in [-0.2, -0.15) is 0 Å². The van der Waals surface area contributed by atoms with Gasteiger partial charge in [-0.05, 0) is 30.9 Å². The number of hydrogen-bond acceptors (Lipinski definition) is 2. The van der Waals surface area contributed by atoms with E-state index in [-0.39, 0.29) is 18.8 Å². The van der Waals surface area contributed by atoms with Gasteiger partial charge in [-0.3, -0.25) is 4.79 Å². The van der Waals surface area contributed by atoms with Crippen molar-refractivity contribution in [2.24, 2.45) is 5.92 Å². The van der Waals surface area contributed by atoms with Crippen LogP contribution in [0.5, 0.6) is 0 Å². The van der Waals surface area contributed by atoms with Crippen LogP contribution < -0.4 is 0 Å². The number of carbonyl (C=O) groups is 1. The largest absolute Gasteiger partial charge is 0.480 e. The van der Waals surface area contributed by atoms with E-state index in [1.807, 2.05) is 20.8 Å². The smallest absolute Gasteiger partial charge is 0.320 e. The number of unbranched alkanes of at least 4 members (excludes halogenated alkanes) is 1. The van der Waals surface area contributed by atoms with E-state index < -0.39 is 16.6 Å². The van der Waals surface area contributed by atoms with Crippen LogP contribution in [0.25, 0.3) is 0 Å². The minimum absolute atomic E-state index is 0.0297. The predicted molar refractivity (Wildman–Crippen MR) is 81.7 cm³/mol. The van der Waals surface area contributed by atoms with Crippen molar-refractivity contribution >= 4 is 17.7 Å². The van der Waals surface area contributed by atoms with Crippen LogP contribution in [0, 0.1) is 5.92 Å². The van der Waals surface area contributed by atoms with E-state index in [1.165, 1.54) is 18.7 Å². The fourth-order valence-corrected chi connectivity index (χ4v) is 3.75. The fourth-order valence-electron chi connectivity index (χ4n) is 2.23. The van der Waals surface area contributed by atoms with Gasteiger partial charge in [-0.15, -0.1) is 11.8 Å². The van der Waals surface area contributed by atoms with Crippen LogP contribution in [-0.2, 0) is 4.79 Å². The van der Waals surface area contributed by atoms with Crippen LogP contribution >= 0.6 is 11.8 Å². The number of alkyl halides is 2. The van der Waals surface area contributed by atoms with E-state index in [2.05, 4.69) is 0 Å². The van der Waals surface area contributed by atoms with E-state index in [0.29, 0.717) is 25.0 Å². The maximum absolute atomic E-state index is 13.1. The highest BCUT2D eigenvalue weighted by Gasteiger charge is 2.41. The van der Waals surface area contributed by atoms with E-state index in [0.717, 1.165) is 6.42 Å². The van der Waals surface area contributed by atoms with Crippen molar-refractivity contribution in [1.29, 1.82) is 0 Å². The van der Waals surface area contributed by atoms with Gasteiger partial charge in [-0.1, -0.05) is 34.1 Å². The average molecular weight is 310 g/mol. The molecule has 0 fully saturated rings. The molecule has 5 heteroatoms. The van der Waals surface area contributed by atoms with Crippen molar-refractivity contribution in [2.75, 3.05) is 5.75 Å². The van der Waals surface area contributed by atoms with Gasteiger partial charge < -0.3 is 5.11 Å². The summed E-state index contributed by atoms with van der Waals surface area (Å²) in [6.07, 6.45) is 2.31. The second-order valence-electron chi connectivity index (χ2n) is 5.61. The predicted octanol–water partition coefficient (Wildman–Crippen LogP) is 5.21. The summed E-state index contributed by atoms with van der Waals surface area (Å²) >= 11 is 1.42. The Morgan fingerprint density at radius 2 is 1.80 bits per heavy atom. The summed E-state index contributed by atoms with van der Waals surface area (Å²) in [6, 6.07) is 0. The molecular weight excluding hydrogens is 282 g/mol. The Balaban J connectivity index is 4.32. The Hall–Kier alpha value is -0.320. The van der Waals surface area contributed by atoms with Gasteiger partial charge >= 0.3 is 5.97 Å². The second kappa shape index (κ2) is 8.85. The topological polar surface area (TPSA) is 37.3 Å². The minimum atomic E-state index is -2.57. The zero-order valence-electron chi connectivity index (χ0n) is 13.0. The van der Waals surface area contributed by atoms with Crippen LogP contribution in [-0.4, -0.2) is 27.5 Å². The highest BCUT2D eigenvalue weighted by molar-refractivity contribution is 8.01. The molecule has 1 N–H and O–H groups in total. The summed E-state index contributed by atoms with van der Waals surface area (Å²) in [6.45, 7) is 7.30. The first-order valence-electron chi connectivity index (χ1n) is 7.47. The van der Waals surface area contributed by atoms with E-state index in [4.69, 9.17) is 0 Å². The molecule has 0 saturated carbocycles. The van der Waals surface area contributed by atoms with Gasteiger partial charge in [-0.25, -0.2) is 8.78 Å². The van der Waals surface area contributed by atoms with E-state index >= 15 is 0 Å². The standard InChI is InChI=1S/C15H28F2O2S/c1-5-9-15(12(3)4,13(18)19)20-11-8-7-10-14(16,17)6-2/h12H,5-11H2,1-4H3,(H,18,19). The Morgan fingerprint density at radius 3 is 2.20 bits per heavy atom. The summed E-state index contributed by atoms with van der Waals surface area (Å²) in [7, 11) is 0. The van der Waals surface area contributed by atoms with Crippen molar-refractivity contribution in [3.8, 4) is 0 Å². The van der Waals surface area contributed by atoms with Crippen LogP contribution in [0.4, 0.5) is 8.78 Å². The fraction of sp³-hybridized carbons (Fsp3) is 0.933. The van der Waals surface area contributed by atoms with Crippen molar-refractivity contribution in [3.05, 3.63) is 0 Å². The Kier molecular flexibility index (Phi) is 8.71. The van der Waals surface area contributed by atoms with Gasteiger partial charge in [0.1, 0.15) is 4.75 Å². The summed E-state index contributed by atoms with van der Waals surface area (Å²) in [5, 5.41) is 9.51. The Bertz CT molecular complexity index is 296. The lowest BCUT2D eigenvalue weighted by molar-refractivity contribution is -0.141. The molecule has 0 aliphatic heterocycles. The molecule has 0 heterocycles. The Morgan fingerprint density at radius 1 is 1.20 bits per heavy atom. The van der Waals surface area contributed by atoms with Gasteiger partial charge in [0.05, 0.1) is 0 Å². The first kappa shape index (κ1) is 19.7. The molecule has 0 rings (SSSR count). The van der Waals surface area contributed by atoms with Crippen molar-refractivity contribution in [3.63, 3.8) is 0 Å². The number of aliphatic carboxylic acids is 1. The lowest BCUT2D eigenvalue weighted by Gasteiger charge is -2.32. The molecule has 0 aliphatic rings. The number of rotatable bonds is 11. The third-order valence-electron chi connectivity index (χ3n) is 3.73. The number of thioether (sulfide) groups is 1. The lowest BCUT2D eigenvalue weighted by Crippen LogP contribution is -2.40. The van der Waals surface area contributed by atoms with Crippen LogP contribution in [0.2, 0.25) is 0 Å². The molecule has 1 unspecified atom stereocenters. The second-order valence-corrected chi connectivity index (χ2v) is 7.04. The summed E-state index contributed by atoms with van der Waals surface area (Å²) in [4.78, 5) is 11.6. The van der Waals surface area contributed by atoms with E-state index in [9.17, 15) is 18.7 Å². The third-order valence-corrected chi connectivity index (χ3v) is 5.59. The first-order valence-corrected chi connectivity index (χ1v) is 8.45. The minimum Gasteiger partial charge on any atom is -0.480 e. The monoisotopic (exact) mass is 310 g/mol. The molecule has 0 saturated heterocycles. The molecule has 0 aliphatic carbocycles. The number of carboxylic acids is 1. The first-order chi connectivity index (χ1) is 9.22. The number of hydrogen-bond donors (Lipinski definition) is 1. The molecule has 0 spiro atoms. The van der Waals surface area contributed by atoms with Gasteiger partial charge in [0, 0.05) is 12.8 Å². The van der Waals surface area contributed by atoms with Gasteiger partial charge in [0.25, 0.3) is 0 Å². The molecule has 0 aromatic heterocycles. The molecule has 1 atom stereocenters. The molecule has 0 amide bonds. The normalized spacial score (nSPS) is 15.3. The summed E-state index contributed by atoms with van der Waals surface area (Å²) in [5.41, 5.74) is 0. The molecule has 0 aromatic carbocycles. The maximum Gasteiger partial charge on any atom is 0.320 e. The average Bonchev–Trinajstić information content (AvgIpc) is 2.36. The van der Waals surface area contributed by atoms with Crippen molar-refractivity contribution < 1.29 is 18.7 Å². The molecule has 20 heavy (non-hydrogen) atoms. The van der Waals surface area contributed by atoms with Crippen LogP contribution in [0.1, 0.15) is 66.2 Å².